The number of aryl methyl sites for hydroxylation is 2. The summed E-state index contributed by atoms with van der Waals surface area (Å²) in [7, 11) is 1.74. The Morgan fingerprint density at radius 3 is 2.71 bits per heavy atom. The number of anilines is 1. The Labute approximate surface area is 122 Å². The molecule has 0 saturated carbocycles. The molecule has 1 aromatic carbocycles. The van der Waals surface area contributed by atoms with Crippen LogP contribution in [0.1, 0.15) is 18.3 Å². The van der Waals surface area contributed by atoms with Crippen LogP contribution in [0, 0.1) is 17.0 Å². The van der Waals surface area contributed by atoms with Crippen molar-refractivity contribution in [2.45, 2.75) is 20.3 Å². The third-order valence-electron chi connectivity index (χ3n) is 2.85. The molecule has 1 N–H and O–H groups in total. The van der Waals surface area contributed by atoms with Crippen LogP contribution >= 0.6 is 0 Å². The number of ether oxygens (including phenoxy) is 1. The fourth-order valence-electron chi connectivity index (χ4n) is 1.78. The van der Waals surface area contributed by atoms with Gasteiger partial charge in [-0.1, -0.05) is 13.0 Å². The number of nitro benzene ring substituents is 1. The molecular weight excluding hydrogens is 272 g/mol. The fourth-order valence-corrected chi connectivity index (χ4v) is 1.78. The molecule has 0 atom stereocenters. The minimum Gasteiger partial charge on any atom is -0.432 e. The summed E-state index contributed by atoms with van der Waals surface area (Å²) < 4.78 is 5.58. The Balaban J connectivity index is 2.40. The van der Waals surface area contributed by atoms with Crippen molar-refractivity contribution in [1.29, 1.82) is 0 Å². The van der Waals surface area contributed by atoms with Crippen molar-refractivity contribution in [1.82, 2.24) is 9.97 Å². The van der Waals surface area contributed by atoms with Gasteiger partial charge in [0.25, 0.3) is 0 Å². The molecule has 0 radical (unpaired) electrons. The molecule has 0 aliphatic rings. The van der Waals surface area contributed by atoms with E-state index in [4.69, 9.17) is 4.74 Å². The standard InChI is InChI=1S/C14H16N4O3/c1-4-12-16-13(15-3)8-14(17-12)21-11-6-5-9(2)7-10(11)18(19)20/h5-8H,4H2,1-3H3,(H,15,16,17). The molecule has 2 rings (SSSR count). The van der Waals surface area contributed by atoms with E-state index in [1.807, 2.05) is 6.92 Å². The zero-order chi connectivity index (χ0) is 15.4. The number of hydrogen-bond donors (Lipinski definition) is 1. The van der Waals surface area contributed by atoms with Gasteiger partial charge in [-0.05, 0) is 18.6 Å². The van der Waals surface area contributed by atoms with Gasteiger partial charge >= 0.3 is 5.69 Å². The first-order chi connectivity index (χ1) is 10.0. The Morgan fingerprint density at radius 1 is 1.33 bits per heavy atom. The predicted octanol–water partition coefficient (Wildman–Crippen LogP) is 3.09. The molecule has 110 valence electrons. The van der Waals surface area contributed by atoms with E-state index < -0.39 is 4.92 Å². The second-order valence-electron chi connectivity index (χ2n) is 4.44. The van der Waals surface area contributed by atoms with Gasteiger partial charge in [-0.25, -0.2) is 4.98 Å². The zero-order valence-corrected chi connectivity index (χ0v) is 12.1. The molecule has 21 heavy (non-hydrogen) atoms. The largest absolute Gasteiger partial charge is 0.432 e. The number of rotatable bonds is 5. The molecule has 0 aliphatic carbocycles. The van der Waals surface area contributed by atoms with E-state index in [-0.39, 0.29) is 17.3 Å². The number of benzene rings is 1. The summed E-state index contributed by atoms with van der Waals surface area (Å²) in [6.45, 7) is 3.71. The summed E-state index contributed by atoms with van der Waals surface area (Å²) in [4.78, 5) is 19.1. The monoisotopic (exact) mass is 288 g/mol. The topological polar surface area (TPSA) is 90.2 Å². The summed E-state index contributed by atoms with van der Waals surface area (Å²) >= 11 is 0. The second-order valence-corrected chi connectivity index (χ2v) is 4.44. The average molecular weight is 288 g/mol. The summed E-state index contributed by atoms with van der Waals surface area (Å²) in [5.74, 6) is 1.64. The van der Waals surface area contributed by atoms with E-state index in [1.54, 1.807) is 32.2 Å². The van der Waals surface area contributed by atoms with Crippen LogP contribution in [-0.4, -0.2) is 21.9 Å². The lowest BCUT2D eigenvalue weighted by molar-refractivity contribution is -0.385. The maximum Gasteiger partial charge on any atom is 0.311 e. The molecule has 0 fully saturated rings. The Bertz CT molecular complexity index is 651. The zero-order valence-electron chi connectivity index (χ0n) is 12.1. The third kappa shape index (κ3) is 3.44. The molecule has 0 unspecified atom stereocenters. The first-order valence-electron chi connectivity index (χ1n) is 6.52. The molecule has 0 spiro atoms. The van der Waals surface area contributed by atoms with Gasteiger partial charge in [0.15, 0.2) is 0 Å². The van der Waals surface area contributed by atoms with Crippen LogP contribution in [0.4, 0.5) is 11.5 Å². The van der Waals surface area contributed by atoms with Crippen LogP contribution in [0.3, 0.4) is 0 Å². The van der Waals surface area contributed by atoms with Gasteiger partial charge in [0.05, 0.1) is 4.92 Å². The maximum atomic E-state index is 11.1. The van der Waals surface area contributed by atoms with Gasteiger partial charge in [-0.2, -0.15) is 4.98 Å². The Hall–Kier alpha value is -2.70. The smallest absolute Gasteiger partial charge is 0.311 e. The van der Waals surface area contributed by atoms with Crippen molar-refractivity contribution in [3.05, 3.63) is 45.8 Å². The van der Waals surface area contributed by atoms with E-state index in [1.165, 1.54) is 6.07 Å². The van der Waals surface area contributed by atoms with Crippen molar-refractivity contribution in [2.75, 3.05) is 12.4 Å². The van der Waals surface area contributed by atoms with Crippen molar-refractivity contribution in [3.63, 3.8) is 0 Å². The highest BCUT2D eigenvalue weighted by Crippen LogP contribution is 2.31. The van der Waals surface area contributed by atoms with Crippen LogP contribution in [0.2, 0.25) is 0 Å². The van der Waals surface area contributed by atoms with Gasteiger partial charge in [0.1, 0.15) is 11.6 Å². The highest BCUT2D eigenvalue weighted by Gasteiger charge is 2.17. The highest BCUT2D eigenvalue weighted by molar-refractivity contribution is 5.50. The lowest BCUT2D eigenvalue weighted by atomic mass is 10.2. The molecule has 0 bridgehead atoms. The van der Waals surface area contributed by atoms with Crippen LogP contribution in [0.25, 0.3) is 0 Å². The number of hydrogen-bond acceptors (Lipinski definition) is 6. The van der Waals surface area contributed by atoms with Crippen molar-refractivity contribution in [3.8, 4) is 11.6 Å². The Kier molecular flexibility index (Phi) is 4.32. The highest BCUT2D eigenvalue weighted by atomic mass is 16.6. The second kappa shape index (κ2) is 6.17. The van der Waals surface area contributed by atoms with E-state index in [2.05, 4.69) is 15.3 Å². The number of nitrogens with zero attached hydrogens (tertiary/aromatic N) is 3. The van der Waals surface area contributed by atoms with E-state index in [9.17, 15) is 10.1 Å². The predicted molar refractivity (Wildman–Crippen MR) is 78.9 cm³/mol. The molecule has 2 aromatic rings. The van der Waals surface area contributed by atoms with Gasteiger partial charge in [-0.3, -0.25) is 10.1 Å². The first-order valence-corrected chi connectivity index (χ1v) is 6.52. The minimum absolute atomic E-state index is 0.0855. The summed E-state index contributed by atoms with van der Waals surface area (Å²) in [6.07, 6.45) is 0.641. The van der Waals surface area contributed by atoms with Crippen molar-refractivity contribution in [2.24, 2.45) is 0 Å². The van der Waals surface area contributed by atoms with Crippen LogP contribution in [-0.2, 0) is 6.42 Å². The quantitative estimate of drug-likeness (QED) is 0.671. The normalized spacial score (nSPS) is 10.2. The summed E-state index contributed by atoms with van der Waals surface area (Å²) in [5, 5.41) is 14.0. The van der Waals surface area contributed by atoms with E-state index >= 15 is 0 Å². The van der Waals surface area contributed by atoms with E-state index in [0.717, 1.165) is 5.56 Å². The molecule has 7 nitrogen and oxygen atoms in total. The fraction of sp³-hybridized carbons (Fsp3) is 0.286. The number of nitrogens with one attached hydrogen (secondary N) is 1. The molecule has 0 saturated heterocycles. The van der Waals surface area contributed by atoms with Gasteiger partial charge in [0, 0.05) is 25.6 Å². The molecule has 7 heteroatoms. The lowest BCUT2D eigenvalue weighted by Gasteiger charge is -2.09. The van der Waals surface area contributed by atoms with Gasteiger partial charge < -0.3 is 10.1 Å². The number of nitro groups is 1. The van der Waals surface area contributed by atoms with Crippen molar-refractivity contribution >= 4 is 11.5 Å². The first kappa shape index (κ1) is 14.7. The Morgan fingerprint density at radius 2 is 2.10 bits per heavy atom. The summed E-state index contributed by atoms with van der Waals surface area (Å²) in [5.41, 5.74) is 0.708. The van der Waals surface area contributed by atoms with Crippen LogP contribution in [0.5, 0.6) is 11.6 Å². The van der Waals surface area contributed by atoms with Crippen LogP contribution < -0.4 is 10.1 Å². The molecule has 0 amide bonds. The molecule has 0 aliphatic heterocycles. The minimum atomic E-state index is -0.469. The third-order valence-corrected chi connectivity index (χ3v) is 2.85. The van der Waals surface area contributed by atoms with Crippen molar-refractivity contribution < 1.29 is 9.66 Å². The van der Waals surface area contributed by atoms with Gasteiger partial charge in [0.2, 0.25) is 11.6 Å². The van der Waals surface area contributed by atoms with E-state index in [0.29, 0.717) is 18.1 Å². The van der Waals surface area contributed by atoms with Crippen LogP contribution in [0.15, 0.2) is 24.3 Å². The SMILES string of the molecule is CCc1nc(NC)cc(Oc2ccc(C)cc2[N+](=O)[O-])n1. The number of aromatic nitrogens is 2. The maximum absolute atomic E-state index is 11.1. The lowest BCUT2D eigenvalue weighted by Crippen LogP contribution is -2.02. The molecule has 1 heterocycles. The molecular formula is C14H16N4O3. The average Bonchev–Trinajstić information content (AvgIpc) is 2.48. The summed E-state index contributed by atoms with van der Waals surface area (Å²) in [6, 6.07) is 6.39. The van der Waals surface area contributed by atoms with Gasteiger partial charge in [-0.15, -0.1) is 0 Å². The molecule has 1 aromatic heterocycles.